The number of alkyl halides is 2. The Bertz CT molecular complexity index is 657. The fourth-order valence-corrected chi connectivity index (χ4v) is 1.51. The lowest BCUT2D eigenvalue weighted by Gasteiger charge is -2.10. The Morgan fingerprint density at radius 2 is 2.09 bits per heavy atom. The van der Waals surface area contributed by atoms with Gasteiger partial charge in [-0.1, -0.05) is 0 Å². The number of rotatable bonds is 5. The van der Waals surface area contributed by atoms with Crippen molar-refractivity contribution in [2.24, 2.45) is 0 Å². The first-order valence-corrected chi connectivity index (χ1v) is 6.10. The molecule has 0 aliphatic heterocycles. The van der Waals surface area contributed by atoms with Crippen LogP contribution in [0.15, 0.2) is 16.9 Å². The summed E-state index contributed by atoms with van der Waals surface area (Å²) >= 11 is 0. The van der Waals surface area contributed by atoms with Gasteiger partial charge >= 0.3 is 6.61 Å². The van der Waals surface area contributed by atoms with Gasteiger partial charge in [0.1, 0.15) is 17.2 Å². The van der Waals surface area contributed by atoms with Crippen molar-refractivity contribution in [2.45, 2.75) is 13.5 Å². The zero-order chi connectivity index (χ0) is 16.3. The van der Waals surface area contributed by atoms with E-state index in [4.69, 9.17) is 4.52 Å². The average molecular weight is 313 g/mol. The molecule has 0 radical (unpaired) electrons. The number of hydrogen-bond donors (Lipinski definition) is 1. The van der Waals surface area contributed by atoms with Gasteiger partial charge in [0.2, 0.25) is 0 Å². The first-order chi connectivity index (χ1) is 10.4. The van der Waals surface area contributed by atoms with Crippen LogP contribution < -0.4 is 15.0 Å². The molecule has 2 rings (SSSR count). The molecule has 0 bridgehead atoms. The fraction of sp³-hybridized carbons (Fsp3) is 0.333. The molecule has 0 aliphatic rings. The zero-order valence-electron chi connectivity index (χ0n) is 12.0. The SMILES string of the molecule is Cc1onc(OC(F)F)c1NC(=O)c1cnc(N(C)C)cn1. The normalized spacial score (nSPS) is 10.6. The molecule has 22 heavy (non-hydrogen) atoms. The monoisotopic (exact) mass is 313 g/mol. The summed E-state index contributed by atoms with van der Waals surface area (Å²) in [6.45, 7) is -1.64. The van der Waals surface area contributed by atoms with Gasteiger partial charge in [-0.2, -0.15) is 8.78 Å². The number of aromatic nitrogens is 3. The second-order valence-corrected chi connectivity index (χ2v) is 4.41. The number of carbonyl (C=O) groups is 1. The summed E-state index contributed by atoms with van der Waals surface area (Å²) in [5, 5.41) is 5.66. The third kappa shape index (κ3) is 3.45. The van der Waals surface area contributed by atoms with Crippen molar-refractivity contribution in [3.8, 4) is 5.88 Å². The molecule has 1 N–H and O–H groups in total. The Balaban J connectivity index is 2.16. The second-order valence-electron chi connectivity index (χ2n) is 4.41. The highest BCUT2D eigenvalue weighted by Crippen LogP contribution is 2.28. The molecule has 0 fully saturated rings. The first kappa shape index (κ1) is 15.6. The molecule has 0 spiro atoms. The second kappa shape index (κ2) is 6.33. The number of amides is 1. The molecule has 0 unspecified atom stereocenters. The van der Waals surface area contributed by atoms with Crippen molar-refractivity contribution in [1.82, 2.24) is 15.1 Å². The summed E-state index contributed by atoms with van der Waals surface area (Å²) in [5.74, 6) is -0.455. The molecule has 0 aromatic carbocycles. The van der Waals surface area contributed by atoms with Crippen LogP contribution in [-0.4, -0.2) is 41.7 Å². The highest BCUT2D eigenvalue weighted by Gasteiger charge is 2.21. The van der Waals surface area contributed by atoms with Gasteiger partial charge in [-0.3, -0.25) is 4.79 Å². The number of hydrogen-bond acceptors (Lipinski definition) is 7. The van der Waals surface area contributed by atoms with E-state index in [2.05, 4.69) is 25.2 Å². The van der Waals surface area contributed by atoms with Gasteiger partial charge in [0, 0.05) is 14.1 Å². The lowest BCUT2D eigenvalue weighted by atomic mass is 10.3. The van der Waals surface area contributed by atoms with Crippen molar-refractivity contribution >= 4 is 17.4 Å². The van der Waals surface area contributed by atoms with Crippen LogP contribution in [0.2, 0.25) is 0 Å². The van der Waals surface area contributed by atoms with E-state index in [9.17, 15) is 13.6 Å². The predicted molar refractivity (Wildman–Crippen MR) is 72.2 cm³/mol. The molecule has 8 nitrogen and oxygen atoms in total. The number of nitrogens with one attached hydrogen (secondary N) is 1. The van der Waals surface area contributed by atoms with Crippen LogP contribution in [-0.2, 0) is 0 Å². The molecule has 2 aromatic rings. The fourth-order valence-electron chi connectivity index (χ4n) is 1.51. The molecule has 2 heterocycles. The standard InChI is InChI=1S/C12H13F2N5O3/c1-6-9(11(18-22-6)21-12(13)14)17-10(20)7-4-16-8(5-15-7)19(2)3/h4-5,12H,1-3H3,(H,17,20). The molecular formula is C12H13F2N5O3. The van der Waals surface area contributed by atoms with Crippen molar-refractivity contribution in [1.29, 1.82) is 0 Å². The topological polar surface area (TPSA) is 93.4 Å². The minimum Gasteiger partial charge on any atom is -0.412 e. The minimum atomic E-state index is -3.08. The van der Waals surface area contributed by atoms with Crippen LogP contribution in [0.25, 0.3) is 0 Å². The minimum absolute atomic E-state index is 0.00852. The van der Waals surface area contributed by atoms with Crippen molar-refractivity contribution in [3.63, 3.8) is 0 Å². The molecule has 1 amide bonds. The summed E-state index contributed by atoms with van der Waals surface area (Å²) in [5.41, 5.74) is -0.0713. The van der Waals surface area contributed by atoms with Crippen molar-refractivity contribution < 1.29 is 22.8 Å². The van der Waals surface area contributed by atoms with Crippen LogP contribution in [0, 0.1) is 6.92 Å². The van der Waals surface area contributed by atoms with Crippen LogP contribution in [0.5, 0.6) is 5.88 Å². The van der Waals surface area contributed by atoms with E-state index in [1.54, 1.807) is 19.0 Å². The number of carbonyl (C=O) groups excluding carboxylic acids is 1. The van der Waals surface area contributed by atoms with E-state index in [0.717, 1.165) is 0 Å². The number of anilines is 2. The summed E-state index contributed by atoms with van der Waals surface area (Å²) in [6, 6.07) is 0. The summed E-state index contributed by atoms with van der Waals surface area (Å²) < 4.78 is 33.4. The van der Waals surface area contributed by atoms with Gasteiger partial charge in [-0.05, 0) is 12.1 Å². The largest absolute Gasteiger partial charge is 0.412 e. The molecule has 10 heteroatoms. The Hall–Kier alpha value is -2.78. The van der Waals surface area contributed by atoms with Crippen molar-refractivity contribution in [3.05, 3.63) is 23.8 Å². The molecule has 0 saturated carbocycles. The summed E-state index contributed by atoms with van der Waals surface area (Å²) in [6.07, 6.45) is 2.67. The maximum absolute atomic E-state index is 12.2. The first-order valence-electron chi connectivity index (χ1n) is 6.10. The Morgan fingerprint density at radius 3 is 2.64 bits per heavy atom. The third-order valence-electron chi connectivity index (χ3n) is 2.60. The van der Waals surface area contributed by atoms with E-state index in [-0.39, 0.29) is 17.1 Å². The number of aryl methyl sites for hydroxylation is 1. The van der Waals surface area contributed by atoms with Gasteiger partial charge in [-0.15, -0.1) is 0 Å². The van der Waals surface area contributed by atoms with Gasteiger partial charge in [0.25, 0.3) is 11.8 Å². The molecule has 2 aromatic heterocycles. The van der Waals surface area contributed by atoms with E-state index in [1.807, 2.05) is 0 Å². The Morgan fingerprint density at radius 1 is 1.36 bits per heavy atom. The van der Waals surface area contributed by atoms with Crippen LogP contribution in [0.1, 0.15) is 16.2 Å². The molecule has 0 aliphatic carbocycles. The van der Waals surface area contributed by atoms with Crippen LogP contribution in [0.4, 0.5) is 20.3 Å². The maximum Gasteiger partial charge on any atom is 0.388 e. The zero-order valence-corrected chi connectivity index (χ0v) is 12.0. The Kier molecular flexibility index (Phi) is 4.49. The van der Waals surface area contributed by atoms with E-state index in [1.165, 1.54) is 19.3 Å². The molecule has 118 valence electrons. The van der Waals surface area contributed by atoms with Crippen molar-refractivity contribution in [2.75, 3.05) is 24.3 Å². The number of nitrogens with zero attached hydrogens (tertiary/aromatic N) is 4. The van der Waals surface area contributed by atoms with Gasteiger partial charge < -0.3 is 19.5 Å². The number of ether oxygens (including phenoxy) is 1. The summed E-state index contributed by atoms with van der Waals surface area (Å²) in [7, 11) is 3.55. The predicted octanol–water partition coefficient (Wildman–Crippen LogP) is 1.69. The Labute approximate surface area is 124 Å². The third-order valence-corrected chi connectivity index (χ3v) is 2.60. The number of halogens is 2. The van der Waals surface area contributed by atoms with Gasteiger partial charge in [0.15, 0.2) is 5.76 Å². The highest BCUT2D eigenvalue weighted by molar-refractivity contribution is 6.03. The van der Waals surface area contributed by atoms with Crippen LogP contribution in [0.3, 0.4) is 0 Å². The lowest BCUT2D eigenvalue weighted by molar-refractivity contribution is -0.0541. The molecule has 0 saturated heterocycles. The highest BCUT2D eigenvalue weighted by atomic mass is 19.3. The smallest absolute Gasteiger partial charge is 0.388 e. The maximum atomic E-state index is 12.2. The molecular weight excluding hydrogens is 300 g/mol. The van der Waals surface area contributed by atoms with Gasteiger partial charge in [-0.25, -0.2) is 9.97 Å². The quantitative estimate of drug-likeness (QED) is 0.897. The van der Waals surface area contributed by atoms with E-state index < -0.39 is 18.4 Å². The van der Waals surface area contributed by atoms with Crippen LogP contribution >= 0.6 is 0 Å². The summed E-state index contributed by atoms with van der Waals surface area (Å²) in [4.78, 5) is 21.7. The lowest BCUT2D eigenvalue weighted by Crippen LogP contribution is -2.17. The van der Waals surface area contributed by atoms with E-state index >= 15 is 0 Å². The molecule has 0 atom stereocenters. The van der Waals surface area contributed by atoms with E-state index in [0.29, 0.717) is 5.82 Å². The van der Waals surface area contributed by atoms with Gasteiger partial charge in [0.05, 0.1) is 12.4 Å². The average Bonchev–Trinajstić information content (AvgIpc) is 2.79.